The Labute approximate surface area is 100 Å². The summed E-state index contributed by atoms with van der Waals surface area (Å²) in [6, 6.07) is 7.54. The first-order valence-electron chi connectivity index (χ1n) is 5.56. The predicted molar refractivity (Wildman–Crippen MR) is 67.6 cm³/mol. The lowest BCUT2D eigenvalue weighted by atomic mass is 9.98. The molecule has 1 unspecified atom stereocenters. The zero-order chi connectivity index (χ0) is 11.7. The molecule has 0 aliphatic carbocycles. The maximum Gasteiger partial charge on any atom is 0.134 e. The van der Waals surface area contributed by atoms with E-state index in [-0.39, 0.29) is 6.04 Å². The van der Waals surface area contributed by atoms with Crippen molar-refractivity contribution in [1.29, 1.82) is 0 Å². The lowest BCUT2D eigenvalue weighted by Crippen LogP contribution is -2.17. The van der Waals surface area contributed by atoms with E-state index < -0.39 is 0 Å². The molecule has 0 aliphatic rings. The SMILES string of the molecule is CCC(C)[C@@H](N)c1cc2cc(Cl)ccc2o1. The molecule has 16 heavy (non-hydrogen) atoms. The molecule has 0 saturated carbocycles. The Morgan fingerprint density at radius 2 is 2.12 bits per heavy atom. The Balaban J connectivity index is 2.39. The summed E-state index contributed by atoms with van der Waals surface area (Å²) >= 11 is 5.92. The van der Waals surface area contributed by atoms with E-state index in [4.69, 9.17) is 21.8 Å². The topological polar surface area (TPSA) is 39.2 Å². The number of hydrogen-bond acceptors (Lipinski definition) is 2. The molecule has 1 aromatic carbocycles. The summed E-state index contributed by atoms with van der Waals surface area (Å²) in [4.78, 5) is 0. The van der Waals surface area contributed by atoms with Crippen molar-refractivity contribution in [1.82, 2.24) is 0 Å². The summed E-state index contributed by atoms with van der Waals surface area (Å²) in [7, 11) is 0. The van der Waals surface area contributed by atoms with E-state index in [9.17, 15) is 0 Å². The Kier molecular flexibility index (Phi) is 3.22. The van der Waals surface area contributed by atoms with Gasteiger partial charge in [0.2, 0.25) is 0 Å². The summed E-state index contributed by atoms with van der Waals surface area (Å²) in [5, 5.41) is 1.73. The predicted octanol–water partition coefficient (Wildman–Crippen LogP) is 4.13. The van der Waals surface area contributed by atoms with Gasteiger partial charge >= 0.3 is 0 Å². The van der Waals surface area contributed by atoms with Crippen LogP contribution in [0.4, 0.5) is 0 Å². The smallest absolute Gasteiger partial charge is 0.134 e. The molecule has 0 fully saturated rings. The van der Waals surface area contributed by atoms with Gasteiger partial charge in [-0.15, -0.1) is 0 Å². The first-order chi connectivity index (χ1) is 7.61. The second-order valence-electron chi connectivity index (χ2n) is 4.24. The molecule has 1 aromatic heterocycles. The molecule has 1 heterocycles. The van der Waals surface area contributed by atoms with Gasteiger partial charge in [0, 0.05) is 10.4 Å². The van der Waals surface area contributed by atoms with E-state index in [0.29, 0.717) is 5.92 Å². The van der Waals surface area contributed by atoms with Gasteiger partial charge in [-0.1, -0.05) is 31.9 Å². The van der Waals surface area contributed by atoms with E-state index in [2.05, 4.69) is 13.8 Å². The molecule has 0 spiro atoms. The van der Waals surface area contributed by atoms with Gasteiger partial charge in [-0.3, -0.25) is 0 Å². The van der Waals surface area contributed by atoms with Crippen LogP contribution < -0.4 is 5.73 Å². The number of furan rings is 1. The first-order valence-corrected chi connectivity index (χ1v) is 5.94. The number of nitrogens with two attached hydrogens (primary N) is 1. The Morgan fingerprint density at radius 3 is 2.81 bits per heavy atom. The highest BCUT2D eigenvalue weighted by atomic mass is 35.5. The summed E-state index contributed by atoms with van der Waals surface area (Å²) in [6.07, 6.45) is 1.04. The van der Waals surface area contributed by atoms with Crippen molar-refractivity contribution >= 4 is 22.6 Å². The van der Waals surface area contributed by atoms with Crippen LogP contribution in [0.2, 0.25) is 5.02 Å². The van der Waals surface area contributed by atoms with Crippen LogP contribution in [0, 0.1) is 5.92 Å². The molecule has 2 rings (SSSR count). The number of halogens is 1. The lowest BCUT2D eigenvalue weighted by molar-refractivity contribution is 0.388. The lowest BCUT2D eigenvalue weighted by Gasteiger charge is -2.15. The summed E-state index contributed by atoms with van der Waals surface area (Å²) in [5.41, 5.74) is 6.97. The molecule has 86 valence electrons. The third kappa shape index (κ3) is 2.08. The van der Waals surface area contributed by atoms with Gasteiger partial charge in [0.05, 0.1) is 6.04 Å². The maximum absolute atomic E-state index is 6.12. The van der Waals surface area contributed by atoms with E-state index in [1.165, 1.54) is 0 Å². The number of benzene rings is 1. The standard InChI is InChI=1S/C13H16ClNO/c1-3-8(2)13(15)12-7-9-6-10(14)4-5-11(9)16-12/h4-8,13H,3,15H2,1-2H3/t8?,13-/m1/s1. The maximum atomic E-state index is 6.12. The fourth-order valence-electron chi connectivity index (χ4n) is 1.73. The molecule has 0 aliphatic heterocycles. The van der Waals surface area contributed by atoms with E-state index in [1.807, 2.05) is 24.3 Å². The number of fused-ring (bicyclic) bond motifs is 1. The molecule has 0 saturated heterocycles. The van der Waals surface area contributed by atoms with E-state index in [0.717, 1.165) is 28.2 Å². The minimum atomic E-state index is -0.0452. The third-order valence-electron chi connectivity index (χ3n) is 3.08. The van der Waals surface area contributed by atoms with Crippen LogP contribution in [-0.2, 0) is 0 Å². The van der Waals surface area contributed by atoms with Crippen molar-refractivity contribution in [2.75, 3.05) is 0 Å². The molecule has 0 radical (unpaired) electrons. The van der Waals surface area contributed by atoms with Crippen LogP contribution in [0.3, 0.4) is 0 Å². The van der Waals surface area contributed by atoms with Crippen LogP contribution in [0.5, 0.6) is 0 Å². The van der Waals surface area contributed by atoms with Crippen molar-refractivity contribution < 1.29 is 4.42 Å². The minimum Gasteiger partial charge on any atom is -0.459 e. The van der Waals surface area contributed by atoms with Crippen molar-refractivity contribution in [2.45, 2.75) is 26.3 Å². The van der Waals surface area contributed by atoms with Gasteiger partial charge in [-0.05, 0) is 30.2 Å². The Bertz CT molecular complexity index is 492. The normalized spacial score (nSPS) is 15.2. The second kappa shape index (κ2) is 4.48. The van der Waals surface area contributed by atoms with Crippen LogP contribution in [-0.4, -0.2) is 0 Å². The molecule has 3 heteroatoms. The highest BCUT2D eigenvalue weighted by Crippen LogP contribution is 2.29. The van der Waals surface area contributed by atoms with Crippen molar-refractivity contribution in [3.8, 4) is 0 Å². The highest BCUT2D eigenvalue weighted by Gasteiger charge is 2.17. The number of hydrogen-bond donors (Lipinski definition) is 1. The number of rotatable bonds is 3. The van der Waals surface area contributed by atoms with Crippen molar-refractivity contribution in [3.63, 3.8) is 0 Å². The zero-order valence-corrected chi connectivity index (χ0v) is 10.3. The Hall–Kier alpha value is -0.990. The van der Waals surface area contributed by atoms with Crippen molar-refractivity contribution in [3.05, 3.63) is 35.0 Å². The van der Waals surface area contributed by atoms with Gasteiger partial charge < -0.3 is 10.2 Å². The van der Waals surface area contributed by atoms with Gasteiger partial charge in [0.15, 0.2) is 0 Å². The fourth-order valence-corrected chi connectivity index (χ4v) is 1.91. The van der Waals surface area contributed by atoms with Crippen LogP contribution in [0.1, 0.15) is 32.1 Å². The quantitative estimate of drug-likeness (QED) is 0.872. The monoisotopic (exact) mass is 237 g/mol. The zero-order valence-electron chi connectivity index (χ0n) is 9.53. The largest absolute Gasteiger partial charge is 0.459 e. The third-order valence-corrected chi connectivity index (χ3v) is 3.32. The van der Waals surface area contributed by atoms with Gasteiger partial charge in [-0.25, -0.2) is 0 Å². The van der Waals surface area contributed by atoms with Crippen LogP contribution in [0.25, 0.3) is 11.0 Å². The average Bonchev–Trinajstić information content (AvgIpc) is 2.69. The average molecular weight is 238 g/mol. The Morgan fingerprint density at radius 1 is 1.38 bits per heavy atom. The fraction of sp³-hybridized carbons (Fsp3) is 0.385. The van der Waals surface area contributed by atoms with Crippen LogP contribution in [0.15, 0.2) is 28.7 Å². The summed E-state index contributed by atoms with van der Waals surface area (Å²) in [6.45, 7) is 4.26. The molecule has 2 aromatic rings. The second-order valence-corrected chi connectivity index (χ2v) is 4.68. The van der Waals surface area contributed by atoms with E-state index in [1.54, 1.807) is 0 Å². The van der Waals surface area contributed by atoms with Gasteiger partial charge in [0.1, 0.15) is 11.3 Å². The van der Waals surface area contributed by atoms with Crippen LogP contribution >= 0.6 is 11.6 Å². The highest BCUT2D eigenvalue weighted by molar-refractivity contribution is 6.31. The van der Waals surface area contributed by atoms with Gasteiger partial charge in [0.25, 0.3) is 0 Å². The molecule has 2 nitrogen and oxygen atoms in total. The first kappa shape index (κ1) is 11.5. The van der Waals surface area contributed by atoms with Gasteiger partial charge in [-0.2, -0.15) is 0 Å². The molecular formula is C13H16ClNO. The molecular weight excluding hydrogens is 222 g/mol. The van der Waals surface area contributed by atoms with Crippen molar-refractivity contribution in [2.24, 2.45) is 11.7 Å². The molecule has 2 N–H and O–H groups in total. The molecule has 0 bridgehead atoms. The summed E-state index contributed by atoms with van der Waals surface area (Å²) < 4.78 is 5.72. The minimum absolute atomic E-state index is 0.0452. The summed E-state index contributed by atoms with van der Waals surface area (Å²) in [5.74, 6) is 1.25. The molecule has 2 atom stereocenters. The molecule has 0 amide bonds. The van der Waals surface area contributed by atoms with E-state index >= 15 is 0 Å².